The molecule has 1 heterocycles. The van der Waals surface area contributed by atoms with Crippen LogP contribution in [0.4, 0.5) is 0 Å². The van der Waals surface area contributed by atoms with E-state index in [0.29, 0.717) is 51.2 Å². The molecule has 2 fully saturated rings. The van der Waals surface area contributed by atoms with Crippen molar-refractivity contribution in [2.75, 3.05) is 0 Å². The zero-order valence-corrected chi connectivity index (χ0v) is 23.4. The van der Waals surface area contributed by atoms with E-state index in [2.05, 4.69) is 30.3 Å². The molecular weight excluding hydrogens is 533 g/mol. The first kappa shape index (κ1) is 26.0. The van der Waals surface area contributed by atoms with E-state index < -0.39 is 5.97 Å². The second-order valence-electron chi connectivity index (χ2n) is 10.8. The largest absolute Gasteiger partial charge is 0.489 e. The summed E-state index contributed by atoms with van der Waals surface area (Å²) in [6.07, 6.45) is 4.18. The summed E-state index contributed by atoms with van der Waals surface area (Å²) in [5, 5.41) is 14.9. The van der Waals surface area contributed by atoms with Crippen molar-refractivity contribution in [1.29, 1.82) is 0 Å². The lowest BCUT2D eigenvalue weighted by Gasteiger charge is -2.37. The SMILES string of the molecule is Cc1ccc(C2CC(c3ccc(OCc4c(-c5c(Cl)cccc5Cl)noc4C4CC4)cc3C)C2)cc1C(=O)O. The molecule has 2 saturated carbocycles. The van der Waals surface area contributed by atoms with E-state index >= 15 is 0 Å². The number of carboxylic acids is 1. The molecule has 200 valence electrons. The predicted molar refractivity (Wildman–Crippen MR) is 152 cm³/mol. The van der Waals surface area contributed by atoms with Crippen molar-refractivity contribution >= 4 is 29.2 Å². The van der Waals surface area contributed by atoms with Gasteiger partial charge < -0.3 is 14.4 Å². The summed E-state index contributed by atoms with van der Waals surface area (Å²) in [4.78, 5) is 11.5. The predicted octanol–water partition coefficient (Wildman–Crippen LogP) is 9.08. The Morgan fingerprint density at radius 2 is 1.72 bits per heavy atom. The van der Waals surface area contributed by atoms with Gasteiger partial charge in [0.25, 0.3) is 0 Å². The Morgan fingerprint density at radius 1 is 0.974 bits per heavy atom. The van der Waals surface area contributed by atoms with Crippen molar-refractivity contribution in [1.82, 2.24) is 5.16 Å². The van der Waals surface area contributed by atoms with Gasteiger partial charge in [0.15, 0.2) is 0 Å². The first-order valence-corrected chi connectivity index (χ1v) is 14.1. The Kier molecular flexibility index (Phi) is 6.90. The second kappa shape index (κ2) is 10.4. The van der Waals surface area contributed by atoms with Crippen LogP contribution in [0.2, 0.25) is 10.0 Å². The van der Waals surface area contributed by atoms with Crippen LogP contribution in [0.15, 0.2) is 59.1 Å². The first-order chi connectivity index (χ1) is 18.8. The Bertz CT molecular complexity index is 1550. The molecule has 2 aliphatic rings. The molecule has 1 aromatic heterocycles. The number of hydrogen-bond donors (Lipinski definition) is 1. The number of aryl methyl sites for hydroxylation is 2. The number of aromatic nitrogens is 1. The van der Waals surface area contributed by atoms with Crippen LogP contribution in [0, 0.1) is 13.8 Å². The fourth-order valence-corrected chi connectivity index (χ4v) is 6.24. The quantitative estimate of drug-likeness (QED) is 0.232. The van der Waals surface area contributed by atoms with E-state index in [-0.39, 0.29) is 0 Å². The minimum atomic E-state index is -0.866. The van der Waals surface area contributed by atoms with Crippen LogP contribution in [-0.2, 0) is 6.61 Å². The van der Waals surface area contributed by atoms with Gasteiger partial charge in [-0.3, -0.25) is 0 Å². The lowest BCUT2D eigenvalue weighted by molar-refractivity contribution is 0.0696. The molecule has 0 radical (unpaired) electrons. The highest BCUT2D eigenvalue weighted by Gasteiger charge is 2.34. The number of hydrogen-bond acceptors (Lipinski definition) is 4. The van der Waals surface area contributed by atoms with Gasteiger partial charge in [-0.25, -0.2) is 4.79 Å². The maximum atomic E-state index is 11.5. The highest BCUT2D eigenvalue weighted by atomic mass is 35.5. The topological polar surface area (TPSA) is 72.6 Å². The highest BCUT2D eigenvalue weighted by Crippen LogP contribution is 2.49. The van der Waals surface area contributed by atoms with Crippen LogP contribution in [0.25, 0.3) is 11.3 Å². The molecule has 3 aromatic carbocycles. The van der Waals surface area contributed by atoms with Crippen LogP contribution in [0.5, 0.6) is 5.75 Å². The molecule has 0 atom stereocenters. The Labute approximate surface area is 237 Å². The number of carboxylic acid groups (broad SMARTS) is 1. The molecule has 6 rings (SSSR count). The van der Waals surface area contributed by atoms with Gasteiger partial charge in [0, 0.05) is 11.5 Å². The molecule has 0 unspecified atom stereocenters. The third kappa shape index (κ3) is 5.06. The minimum Gasteiger partial charge on any atom is -0.489 e. The van der Waals surface area contributed by atoms with Gasteiger partial charge in [-0.15, -0.1) is 0 Å². The minimum absolute atomic E-state index is 0.315. The van der Waals surface area contributed by atoms with Crippen LogP contribution in [-0.4, -0.2) is 16.2 Å². The van der Waals surface area contributed by atoms with E-state index in [4.69, 9.17) is 32.5 Å². The van der Waals surface area contributed by atoms with Crippen molar-refractivity contribution in [3.63, 3.8) is 0 Å². The molecule has 39 heavy (non-hydrogen) atoms. The van der Waals surface area contributed by atoms with Crippen molar-refractivity contribution in [2.24, 2.45) is 0 Å². The number of nitrogens with zero attached hydrogens (tertiary/aromatic N) is 1. The maximum absolute atomic E-state index is 11.5. The third-order valence-corrected chi connectivity index (χ3v) is 8.76. The van der Waals surface area contributed by atoms with Crippen LogP contribution < -0.4 is 4.74 Å². The van der Waals surface area contributed by atoms with Crippen LogP contribution in [0.3, 0.4) is 0 Å². The fraction of sp³-hybridized carbons (Fsp3) is 0.312. The van der Waals surface area contributed by atoms with Gasteiger partial charge >= 0.3 is 5.97 Å². The van der Waals surface area contributed by atoms with Crippen LogP contribution in [0.1, 0.15) is 87.4 Å². The van der Waals surface area contributed by atoms with E-state index in [9.17, 15) is 9.90 Å². The van der Waals surface area contributed by atoms with E-state index in [1.165, 1.54) is 11.1 Å². The summed E-state index contributed by atoms with van der Waals surface area (Å²) in [6.45, 7) is 4.27. The molecular formula is C32H29Cl2NO4. The zero-order chi connectivity index (χ0) is 27.3. The normalized spacial score (nSPS) is 18.6. The molecule has 1 N–H and O–H groups in total. The lowest BCUT2D eigenvalue weighted by Crippen LogP contribution is -2.21. The van der Waals surface area contributed by atoms with Gasteiger partial charge in [-0.1, -0.05) is 52.6 Å². The number of halogens is 2. The molecule has 0 aliphatic heterocycles. The average molecular weight is 562 g/mol. The van der Waals surface area contributed by atoms with E-state index in [0.717, 1.165) is 53.9 Å². The molecule has 0 amide bonds. The van der Waals surface area contributed by atoms with Gasteiger partial charge in [0.05, 0.1) is 21.2 Å². The van der Waals surface area contributed by atoms with Crippen molar-refractivity contribution in [2.45, 2.75) is 63.9 Å². The summed E-state index contributed by atoms with van der Waals surface area (Å²) in [6, 6.07) is 17.5. The van der Waals surface area contributed by atoms with Gasteiger partial charge in [-0.05, 0) is 104 Å². The molecule has 2 aliphatic carbocycles. The van der Waals surface area contributed by atoms with E-state index in [1.807, 2.05) is 31.2 Å². The standard InChI is InChI=1S/C32H29Cl2NO4/c1-17-6-7-20(15-25(17)32(36)37)21-13-22(14-21)24-11-10-23(12-18(24)2)38-16-26-30(35-39-31(26)19-8-9-19)29-27(33)4-3-5-28(29)34/h3-7,10-12,15,19,21-22H,8-9,13-14,16H2,1-2H3,(H,36,37). The lowest BCUT2D eigenvalue weighted by atomic mass is 9.67. The summed E-state index contributed by atoms with van der Waals surface area (Å²) in [7, 11) is 0. The molecule has 7 heteroatoms. The molecule has 5 nitrogen and oxygen atoms in total. The Morgan fingerprint density at radius 3 is 2.38 bits per heavy atom. The zero-order valence-electron chi connectivity index (χ0n) is 21.8. The summed E-state index contributed by atoms with van der Waals surface area (Å²) in [5.41, 5.74) is 7.02. The number of ether oxygens (including phenoxy) is 1. The molecule has 4 aromatic rings. The molecule has 0 saturated heterocycles. The molecule has 0 bridgehead atoms. The average Bonchev–Trinajstić information content (AvgIpc) is 3.64. The number of carbonyl (C=O) groups is 1. The highest BCUT2D eigenvalue weighted by molar-refractivity contribution is 6.39. The summed E-state index contributed by atoms with van der Waals surface area (Å²) in [5.74, 6) is 1.98. The van der Waals surface area contributed by atoms with Gasteiger partial charge in [-0.2, -0.15) is 0 Å². The Balaban J connectivity index is 1.16. The monoisotopic (exact) mass is 561 g/mol. The number of aromatic carboxylic acids is 1. The van der Waals surface area contributed by atoms with Gasteiger partial charge in [0.2, 0.25) is 0 Å². The second-order valence-corrected chi connectivity index (χ2v) is 11.6. The maximum Gasteiger partial charge on any atom is 0.335 e. The third-order valence-electron chi connectivity index (χ3n) is 8.13. The fourth-order valence-electron chi connectivity index (χ4n) is 5.67. The van der Waals surface area contributed by atoms with E-state index in [1.54, 1.807) is 12.1 Å². The molecule has 0 spiro atoms. The van der Waals surface area contributed by atoms with Crippen molar-refractivity contribution in [3.05, 3.63) is 104 Å². The smallest absolute Gasteiger partial charge is 0.335 e. The summed E-state index contributed by atoms with van der Waals surface area (Å²) < 4.78 is 12.0. The van der Waals surface area contributed by atoms with Gasteiger partial charge in [0.1, 0.15) is 23.8 Å². The van der Waals surface area contributed by atoms with Crippen molar-refractivity contribution in [3.8, 4) is 17.0 Å². The number of rotatable bonds is 8. The first-order valence-electron chi connectivity index (χ1n) is 13.3. The van der Waals surface area contributed by atoms with Crippen LogP contribution >= 0.6 is 23.2 Å². The summed E-state index contributed by atoms with van der Waals surface area (Å²) >= 11 is 13.0. The Hall–Kier alpha value is -3.28. The number of benzene rings is 3. The van der Waals surface area contributed by atoms with Crippen molar-refractivity contribution < 1.29 is 19.2 Å².